The molecule has 1 aromatic carbocycles. The quantitative estimate of drug-likeness (QED) is 0.923. The van der Waals surface area contributed by atoms with Gasteiger partial charge >= 0.3 is 0 Å². The molecule has 1 atom stereocenters. The molecule has 5 heteroatoms. The van der Waals surface area contributed by atoms with Crippen LogP contribution in [0.25, 0.3) is 0 Å². The van der Waals surface area contributed by atoms with Crippen LogP contribution in [0.2, 0.25) is 0 Å². The van der Waals surface area contributed by atoms with Gasteiger partial charge in [0.15, 0.2) is 0 Å². The van der Waals surface area contributed by atoms with Gasteiger partial charge in [0.05, 0.1) is 17.5 Å². The number of halogens is 1. The van der Waals surface area contributed by atoms with E-state index in [4.69, 9.17) is 4.74 Å². The van der Waals surface area contributed by atoms with Crippen molar-refractivity contribution in [2.75, 3.05) is 0 Å². The molecule has 0 saturated heterocycles. The zero-order chi connectivity index (χ0) is 14.0. The zero-order valence-corrected chi connectivity index (χ0v) is 11.2. The number of ether oxygens (including phenoxy) is 1. The third-order valence-corrected chi connectivity index (χ3v) is 2.90. The summed E-state index contributed by atoms with van der Waals surface area (Å²) in [4.78, 5) is 0. The molecule has 2 rings (SSSR count). The standard InChI is InChI=1S/C14H17FN2O2/c1-9-6-12(17(3)16-9)8-19-14-5-4-11(15)7-13(14)10(2)18/h4-7,10,18H,8H2,1-3H3/t10-/m1/s1. The molecule has 0 amide bonds. The molecular formula is C14H17FN2O2. The van der Waals surface area contributed by atoms with Crippen molar-refractivity contribution in [3.8, 4) is 5.75 Å². The minimum Gasteiger partial charge on any atom is -0.487 e. The van der Waals surface area contributed by atoms with Gasteiger partial charge < -0.3 is 9.84 Å². The Kier molecular flexibility index (Phi) is 3.85. The van der Waals surface area contributed by atoms with Crippen LogP contribution in [0.15, 0.2) is 24.3 Å². The van der Waals surface area contributed by atoms with Crippen LogP contribution in [-0.4, -0.2) is 14.9 Å². The number of nitrogens with zero attached hydrogens (tertiary/aromatic N) is 2. The maximum absolute atomic E-state index is 13.2. The molecule has 1 heterocycles. The highest BCUT2D eigenvalue weighted by Gasteiger charge is 2.11. The van der Waals surface area contributed by atoms with Crippen LogP contribution < -0.4 is 4.74 Å². The molecule has 0 unspecified atom stereocenters. The van der Waals surface area contributed by atoms with E-state index in [2.05, 4.69) is 5.10 Å². The predicted octanol–water partition coefficient (Wildman–Crippen LogP) is 2.50. The molecule has 102 valence electrons. The molecule has 1 aromatic heterocycles. The van der Waals surface area contributed by atoms with Crippen LogP contribution in [0.1, 0.15) is 30.0 Å². The molecule has 0 aliphatic carbocycles. The topological polar surface area (TPSA) is 47.3 Å². The average Bonchev–Trinajstić information content (AvgIpc) is 2.66. The molecular weight excluding hydrogens is 247 g/mol. The van der Waals surface area contributed by atoms with Gasteiger partial charge in [-0.1, -0.05) is 0 Å². The summed E-state index contributed by atoms with van der Waals surface area (Å²) in [6.07, 6.45) is -0.779. The minimum atomic E-state index is -0.779. The highest BCUT2D eigenvalue weighted by Crippen LogP contribution is 2.26. The van der Waals surface area contributed by atoms with Gasteiger partial charge in [-0.3, -0.25) is 4.68 Å². The number of hydrogen-bond acceptors (Lipinski definition) is 3. The van der Waals surface area contributed by atoms with Crippen LogP contribution in [0, 0.1) is 12.7 Å². The third kappa shape index (κ3) is 3.12. The Bertz CT molecular complexity index is 579. The first kappa shape index (κ1) is 13.5. The normalized spacial score (nSPS) is 12.5. The first-order valence-corrected chi connectivity index (χ1v) is 6.07. The lowest BCUT2D eigenvalue weighted by Crippen LogP contribution is -2.05. The van der Waals surface area contributed by atoms with E-state index < -0.39 is 6.10 Å². The van der Waals surface area contributed by atoms with Crippen LogP contribution in [-0.2, 0) is 13.7 Å². The third-order valence-electron chi connectivity index (χ3n) is 2.90. The van der Waals surface area contributed by atoms with Crippen LogP contribution in [0.5, 0.6) is 5.75 Å². The molecule has 0 fully saturated rings. The van der Waals surface area contributed by atoms with E-state index in [0.29, 0.717) is 17.9 Å². The van der Waals surface area contributed by atoms with Crippen molar-refractivity contribution in [2.45, 2.75) is 26.6 Å². The summed E-state index contributed by atoms with van der Waals surface area (Å²) in [7, 11) is 1.84. The number of hydrogen-bond donors (Lipinski definition) is 1. The summed E-state index contributed by atoms with van der Waals surface area (Å²) in [6, 6.07) is 6.05. The second kappa shape index (κ2) is 5.40. The number of aromatic nitrogens is 2. The minimum absolute atomic E-state index is 0.322. The lowest BCUT2D eigenvalue weighted by molar-refractivity contribution is 0.189. The maximum Gasteiger partial charge on any atom is 0.130 e. The summed E-state index contributed by atoms with van der Waals surface area (Å²) in [5.41, 5.74) is 2.27. The van der Waals surface area contributed by atoms with Gasteiger partial charge in [-0.15, -0.1) is 0 Å². The van der Waals surface area contributed by atoms with Crippen molar-refractivity contribution in [3.05, 3.63) is 47.0 Å². The van der Waals surface area contributed by atoms with E-state index in [0.717, 1.165) is 11.4 Å². The van der Waals surface area contributed by atoms with Crippen molar-refractivity contribution in [1.82, 2.24) is 9.78 Å². The number of aryl methyl sites for hydroxylation is 2. The lowest BCUT2D eigenvalue weighted by Gasteiger charge is -2.13. The van der Waals surface area contributed by atoms with Gasteiger partial charge in [0.1, 0.15) is 18.2 Å². The summed E-state index contributed by atoms with van der Waals surface area (Å²) < 4.78 is 20.5. The molecule has 0 radical (unpaired) electrons. The maximum atomic E-state index is 13.2. The molecule has 0 spiro atoms. The fourth-order valence-corrected chi connectivity index (χ4v) is 1.93. The Balaban J connectivity index is 2.17. The van der Waals surface area contributed by atoms with E-state index in [-0.39, 0.29) is 5.82 Å². The molecule has 0 saturated carbocycles. The van der Waals surface area contributed by atoms with Gasteiger partial charge in [0, 0.05) is 12.6 Å². The Labute approximate surface area is 111 Å². The SMILES string of the molecule is Cc1cc(COc2ccc(F)cc2[C@@H](C)O)n(C)n1. The van der Waals surface area contributed by atoms with Gasteiger partial charge in [0.2, 0.25) is 0 Å². The van der Waals surface area contributed by atoms with Gasteiger partial charge in [-0.05, 0) is 38.1 Å². The second-order valence-corrected chi connectivity index (χ2v) is 4.55. The summed E-state index contributed by atoms with van der Waals surface area (Å²) in [5.74, 6) is 0.0925. The second-order valence-electron chi connectivity index (χ2n) is 4.55. The smallest absolute Gasteiger partial charge is 0.130 e. The number of aliphatic hydroxyl groups is 1. The van der Waals surface area contributed by atoms with Crippen LogP contribution in [0.4, 0.5) is 4.39 Å². The van der Waals surface area contributed by atoms with Gasteiger partial charge in [0.25, 0.3) is 0 Å². The first-order valence-electron chi connectivity index (χ1n) is 6.07. The van der Waals surface area contributed by atoms with E-state index in [1.165, 1.54) is 18.2 Å². The Morgan fingerprint density at radius 2 is 2.16 bits per heavy atom. The highest BCUT2D eigenvalue weighted by atomic mass is 19.1. The molecule has 0 aliphatic rings. The Morgan fingerprint density at radius 3 is 2.74 bits per heavy atom. The Hall–Kier alpha value is -1.88. The number of rotatable bonds is 4. The van der Waals surface area contributed by atoms with E-state index >= 15 is 0 Å². The van der Waals surface area contributed by atoms with Crippen molar-refractivity contribution in [3.63, 3.8) is 0 Å². The molecule has 0 bridgehead atoms. The first-order chi connectivity index (χ1) is 8.97. The van der Waals surface area contributed by atoms with Crippen molar-refractivity contribution >= 4 is 0 Å². The predicted molar refractivity (Wildman–Crippen MR) is 69.3 cm³/mol. The monoisotopic (exact) mass is 264 g/mol. The molecule has 4 nitrogen and oxygen atoms in total. The molecule has 2 aromatic rings. The highest BCUT2D eigenvalue weighted by molar-refractivity contribution is 5.35. The fourth-order valence-electron chi connectivity index (χ4n) is 1.93. The zero-order valence-electron chi connectivity index (χ0n) is 11.2. The van der Waals surface area contributed by atoms with Gasteiger partial charge in [-0.25, -0.2) is 4.39 Å². The lowest BCUT2D eigenvalue weighted by atomic mass is 10.1. The van der Waals surface area contributed by atoms with Gasteiger partial charge in [-0.2, -0.15) is 5.10 Å². The van der Waals surface area contributed by atoms with Crippen molar-refractivity contribution in [1.29, 1.82) is 0 Å². The van der Waals surface area contributed by atoms with Crippen LogP contribution >= 0.6 is 0 Å². The summed E-state index contributed by atoms with van der Waals surface area (Å²) in [6.45, 7) is 3.81. The van der Waals surface area contributed by atoms with Crippen LogP contribution in [0.3, 0.4) is 0 Å². The van der Waals surface area contributed by atoms with Crippen molar-refractivity contribution < 1.29 is 14.2 Å². The van der Waals surface area contributed by atoms with E-state index in [9.17, 15) is 9.50 Å². The van der Waals surface area contributed by atoms with E-state index in [1.54, 1.807) is 11.6 Å². The largest absolute Gasteiger partial charge is 0.487 e. The number of aliphatic hydroxyl groups excluding tert-OH is 1. The summed E-state index contributed by atoms with van der Waals surface area (Å²) in [5, 5.41) is 13.8. The summed E-state index contributed by atoms with van der Waals surface area (Å²) >= 11 is 0. The molecule has 0 aliphatic heterocycles. The Morgan fingerprint density at radius 1 is 1.42 bits per heavy atom. The fraction of sp³-hybridized carbons (Fsp3) is 0.357. The number of benzene rings is 1. The molecule has 19 heavy (non-hydrogen) atoms. The van der Waals surface area contributed by atoms with Crippen molar-refractivity contribution in [2.24, 2.45) is 7.05 Å². The molecule has 1 N–H and O–H groups in total. The average molecular weight is 264 g/mol. The van der Waals surface area contributed by atoms with E-state index in [1.807, 2.05) is 20.0 Å².